The monoisotopic (exact) mass is 518 g/mol. The third kappa shape index (κ3) is 3.83. The van der Waals surface area contributed by atoms with E-state index in [1.54, 1.807) is 4.90 Å². The molecule has 0 N–H and O–H groups in total. The molecule has 1 fully saturated rings. The average molecular weight is 519 g/mol. The number of benzene rings is 3. The summed E-state index contributed by atoms with van der Waals surface area (Å²) in [6, 6.07) is 26.4. The third-order valence-electron chi connectivity index (χ3n) is 5.62. The van der Waals surface area contributed by atoms with Gasteiger partial charge in [-0.15, -0.1) is 0 Å². The van der Waals surface area contributed by atoms with E-state index in [0.29, 0.717) is 9.23 Å². The highest BCUT2D eigenvalue weighted by Crippen LogP contribution is 2.38. The van der Waals surface area contributed by atoms with Gasteiger partial charge >= 0.3 is 0 Å². The predicted molar refractivity (Wildman–Crippen MR) is 142 cm³/mol. The number of thioether (sulfide) groups is 1. The van der Waals surface area contributed by atoms with Crippen LogP contribution in [0.3, 0.4) is 0 Å². The standard InChI is InChI=1S/C26H19BrN2OS2/c1-17-22(15-24-25(30)29(26(31)32-24)20-13-11-19(27)12-14-20)21-9-5-6-10-23(21)28(17)16-18-7-3-2-4-8-18/h2-15H,16H2,1H3/b24-15-. The maximum Gasteiger partial charge on any atom is 0.270 e. The van der Waals surface area contributed by atoms with Crippen LogP contribution in [-0.2, 0) is 11.3 Å². The summed E-state index contributed by atoms with van der Waals surface area (Å²) in [5.41, 5.74) is 5.37. The lowest BCUT2D eigenvalue weighted by Crippen LogP contribution is -2.27. The minimum absolute atomic E-state index is 0.0818. The fourth-order valence-corrected chi connectivity index (χ4v) is 5.57. The van der Waals surface area contributed by atoms with E-state index in [1.165, 1.54) is 17.3 Å². The lowest BCUT2D eigenvalue weighted by molar-refractivity contribution is -0.113. The zero-order chi connectivity index (χ0) is 22.2. The first kappa shape index (κ1) is 21.2. The van der Waals surface area contributed by atoms with Gasteiger partial charge in [0.15, 0.2) is 4.32 Å². The molecule has 0 spiro atoms. The van der Waals surface area contributed by atoms with Gasteiger partial charge in [-0.2, -0.15) is 0 Å². The molecule has 1 aromatic heterocycles. The van der Waals surface area contributed by atoms with Gasteiger partial charge in [-0.25, -0.2) is 0 Å². The number of nitrogens with zero attached hydrogens (tertiary/aromatic N) is 2. The SMILES string of the molecule is Cc1c(/C=C2\SC(=S)N(c3ccc(Br)cc3)C2=O)c2ccccc2n1Cc1ccccc1. The molecule has 1 saturated heterocycles. The number of para-hydroxylation sites is 1. The second-order valence-corrected chi connectivity index (χ2v) is 10.2. The van der Waals surface area contributed by atoms with Crippen molar-refractivity contribution < 1.29 is 4.79 Å². The topological polar surface area (TPSA) is 25.2 Å². The van der Waals surface area contributed by atoms with E-state index in [2.05, 4.69) is 69.9 Å². The maximum absolute atomic E-state index is 13.3. The van der Waals surface area contributed by atoms with E-state index in [4.69, 9.17) is 12.2 Å². The van der Waals surface area contributed by atoms with Crippen LogP contribution < -0.4 is 4.90 Å². The van der Waals surface area contributed by atoms with Crippen LogP contribution in [0.1, 0.15) is 16.8 Å². The molecule has 4 aromatic rings. The van der Waals surface area contributed by atoms with Crippen molar-refractivity contribution in [3.05, 3.63) is 105 Å². The van der Waals surface area contributed by atoms with Crippen LogP contribution in [-0.4, -0.2) is 14.8 Å². The van der Waals surface area contributed by atoms with Crippen LogP contribution in [0.4, 0.5) is 5.69 Å². The van der Waals surface area contributed by atoms with Gasteiger partial charge in [-0.1, -0.05) is 88.4 Å². The van der Waals surface area contributed by atoms with E-state index < -0.39 is 0 Å². The summed E-state index contributed by atoms with van der Waals surface area (Å²) in [7, 11) is 0. The molecule has 0 aliphatic carbocycles. The van der Waals surface area contributed by atoms with Crippen molar-refractivity contribution in [3.8, 4) is 0 Å². The predicted octanol–water partition coefficient (Wildman–Crippen LogP) is 7.17. The molecular formula is C26H19BrN2OS2. The fraction of sp³-hybridized carbons (Fsp3) is 0.0769. The van der Waals surface area contributed by atoms with E-state index in [9.17, 15) is 4.79 Å². The van der Waals surface area contributed by atoms with Crippen molar-refractivity contribution in [2.45, 2.75) is 13.5 Å². The number of hydrogen-bond donors (Lipinski definition) is 0. The molecule has 0 unspecified atom stereocenters. The Hall–Kier alpha value is -2.67. The summed E-state index contributed by atoms with van der Waals surface area (Å²) in [4.78, 5) is 15.5. The number of fused-ring (bicyclic) bond motifs is 1. The van der Waals surface area contributed by atoms with Gasteiger partial charge in [0.2, 0.25) is 0 Å². The van der Waals surface area contributed by atoms with Crippen LogP contribution >= 0.6 is 39.9 Å². The summed E-state index contributed by atoms with van der Waals surface area (Å²) in [6.07, 6.45) is 2.00. The van der Waals surface area contributed by atoms with Crippen molar-refractivity contribution >= 4 is 72.8 Å². The Labute approximate surface area is 204 Å². The molecule has 0 radical (unpaired) electrons. The second-order valence-electron chi connectivity index (χ2n) is 7.58. The highest BCUT2D eigenvalue weighted by Gasteiger charge is 2.33. The zero-order valence-electron chi connectivity index (χ0n) is 17.3. The Bertz CT molecular complexity index is 1370. The normalized spacial score (nSPS) is 15.3. The number of carbonyl (C=O) groups is 1. The van der Waals surface area contributed by atoms with Crippen LogP contribution in [0.2, 0.25) is 0 Å². The van der Waals surface area contributed by atoms with Crippen LogP contribution in [0.15, 0.2) is 88.2 Å². The van der Waals surface area contributed by atoms with Crippen molar-refractivity contribution in [2.24, 2.45) is 0 Å². The van der Waals surface area contributed by atoms with Gasteiger partial charge in [-0.3, -0.25) is 9.69 Å². The number of anilines is 1. The Morgan fingerprint density at radius 2 is 1.66 bits per heavy atom. The molecule has 1 aliphatic heterocycles. The third-order valence-corrected chi connectivity index (χ3v) is 7.45. The molecular weight excluding hydrogens is 500 g/mol. The fourth-order valence-electron chi connectivity index (χ4n) is 4.02. The van der Waals surface area contributed by atoms with Gasteiger partial charge in [0, 0.05) is 33.2 Å². The summed E-state index contributed by atoms with van der Waals surface area (Å²) in [5.74, 6) is -0.0818. The first-order valence-corrected chi connectivity index (χ1v) is 12.2. The number of rotatable bonds is 4. The molecule has 1 aliphatic rings. The first-order chi connectivity index (χ1) is 15.5. The number of carbonyl (C=O) groups excluding carboxylic acids is 1. The van der Waals surface area contributed by atoms with Gasteiger partial charge in [-0.05, 0) is 48.9 Å². The number of amides is 1. The molecule has 0 bridgehead atoms. The van der Waals surface area contributed by atoms with Crippen molar-refractivity contribution in [2.75, 3.05) is 4.90 Å². The summed E-state index contributed by atoms with van der Waals surface area (Å²) < 4.78 is 3.82. The number of thiocarbonyl (C=S) groups is 1. The molecule has 1 amide bonds. The van der Waals surface area contributed by atoms with Crippen LogP contribution in [0.5, 0.6) is 0 Å². The van der Waals surface area contributed by atoms with E-state index in [-0.39, 0.29) is 5.91 Å². The van der Waals surface area contributed by atoms with Crippen LogP contribution in [0.25, 0.3) is 17.0 Å². The molecule has 2 heterocycles. The van der Waals surface area contributed by atoms with Gasteiger partial charge in [0.05, 0.1) is 10.6 Å². The molecule has 158 valence electrons. The number of halogens is 1. The first-order valence-electron chi connectivity index (χ1n) is 10.2. The van der Waals surface area contributed by atoms with E-state index >= 15 is 0 Å². The smallest absolute Gasteiger partial charge is 0.270 e. The largest absolute Gasteiger partial charge is 0.340 e. The Kier molecular flexibility index (Phi) is 5.76. The Morgan fingerprint density at radius 3 is 2.41 bits per heavy atom. The highest BCUT2D eigenvalue weighted by molar-refractivity contribution is 9.10. The molecule has 0 atom stereocenters. The Balaban J connectivity index is 1.57. The zero-order valence-corrected chi connectivity index (χ0v) is 20.5. The van der Waals surface area contributed by atoms with Gasteiger partial charge in [0.25, 0.3) is 5.91 Å². The molecule has 0 saturated carbocycles. The molecule has 3 nitrogen and oxygen atoms in total. The van der Waals surface area contributed by atoms with Crippen LogP contribution in [0, 0.1) is 6.92 Å². The number of hydrogen-bond acceptors (Lipinski definition) is 3. The molecule has 6 heteroatoms. The summed E-state index contributed by atoms with van der Waals surface area (Å²) in [5, 5.41) is 1.13. The van der Waals surface area contributed by atoms with E-state index in [0.717, 1.165) is 38.9 Å². The highest BCUT2D eigenvalue weighted by atomic mass is 79.9. The van der Waals surface area contributed by atoms with Crippen molar-refractivity contribution in [1.82, 2.24) is 4.57 Å². The quantitative estimate of drug-likeness (QED) is 0.211. The lowest BCUT2D eigenvalue weighted by atomic mass is 10.1. The van der Waals surface area contributed by atoms with E-state index in [1.807, 2.05) is 42.5 Å². The number of aromatic nitrogens is 1. The lowest BCUT2D eigenvalue weighted by Gasteiger charge is -2.14. The minimum Gasteiger partial charge on any atom is -0.340 e. The summed E-state index contributed by atoms with van der Waals surface area (Å²) in [6.45, 7) is 2.89. The molecule has 3 aromatic carbocycles. The second kappa shape index (κ2) is 8.70. The Morgan fingerprint density at radius 1 is 0.969 bits per heavy atom. The van der Waals surface area contributed by atoms with Crippen molar-refractivity contribution in [3.63, 3.8) is 0 Å². The van der Waals surface area contributed by atoms with Gasteiger partial charge in [0.1, 0.15) is 0 Å². The molecule has 32 heavy (non-hydrogen) atoms. The minimum atomic E-state index is -0.0818. The maximum atomic E-state index is 13.3. The summed E-state index contributed by atoms with van der Waals surface area (Å²) >= 11 is 10.4. The van der Waals surface area contributed by atoms with Crippen molar-refractivity contribution in [1.29, 1.82) is 0 Å². The molecule has 5 rings (SSSR count). The van der Waals surface area contributed by atoms with Gasteiger partial charge < -0.3 is 4.57 Å². The average Bonchev–Trinajstić information content (AvgIpc) is 3.23.